The first-order valence-electron chi connectivity index (χ1n) is 8.95. The van der Waals surface area contributed by atoms with Gasteiger partial charge < -0.3 is 21.1 Å². The van der Waals surface area contributed by atoms with E-state index in [9.17, 15) is 4.79 Å². The monoisotopic (exact) mass is 430 g/mol. The van der Waals surface area contributed by atoms with Crippen LogP contribution in [0.3, 0.4) is 0 Å². The normalized spacial score (nSPS) is 16.2. The number of carbonyl (C=O) groups is 1. The summed E-state index contributed by atoms with van der Waals surface area (Å²) in [7, 11) is 0. The molecular weight excluding hydrogens is 408 g/mol. The van der Waals surface area contributed by atoms with Crippen LogP contribution in [0, 0.1) is 0 Å². The zero-order valence-corrected chi connectivity index (χ0v) is 16.5. The fourth-order valence-corrected chi connectivity index (χ4v) is 3.16. The number of carbonyl (C=O) groups excluding carboxylic acids is 1. The Hall–Kier alpha value is -2.54. The predicted octanol–water partition coefficient (Wildman–Crippen LogP) is 3.00. The lowest BCUT2D eigenvalue weighted by molar-refractivity contribution is 0.0953. The molecule has 2 aromatic rings. The number of para-hydroxylation sites is 1. The maximum Gasteiger partial charge on any atom is 0.251 e. The molecule has 4 N–H and O–H groups in total. The summed E-state index contributed by atoms with van der Waals surface area (Å²) >= 11 is 3.35. The van der Waals surface area contributed by atoms with Crippen molar-refractivity contribution in [3.8, 4) is 5.75 Å². The van der Waals surface area contributed by atoms with Crippen LogP contribution in [0.25, 0.3) is 0 Å². The molecule has 2 aromatic carbocycles. The highest BCUT2D eigenvalue weighted by Crippen LogP contribution is 2.31. The van der Waals surface area contributed by atoms with E-state index in [1.54, 1.807) is 12.1 Å². The summed E-state index contributed by atoms with van der Waals surface area (Å²) in [6.07, 6.45) is 1.56. The van der Waals surface area contributed by atoms with Crippen LogP contribution in [0.4, 0.5) is 0 Å². The third kappa shape index (κ3) is 5.47. The second kappa shape index (κ2) is 9.41. The number of nitrogens with one attached hydrogen (secondary N) is 2. The highest BCUT2D eigenvalue weighted by molar-refractivity contribution is 9.10. The van der Waals surface area contributed by atoms with Gasteiger partial charge in [-0.05, 0) is 36.8 Å². The van der Waals surface area contributed by atoms with Crippen molar-refractivity contribution >= 4 is 27.8 Å². The highest BCUT2D eigenvalue weighted by Gasteiger charge is 2.21. The van der Waals surface area contributed by atoms with Gasteiger partial charge in [-0.25, -0.2) is 0 Å². The van der Waals surface area contributed by atoms with Gasteiger partial charge >= 0.3 is 0 Å². The average molecular weight is 431 g/mol. The van der Waals surface area contributed by atoms with Crippen LogP contribution < -0.4 is 21.1 Å². The van der Waals surface area contributed by atoms with Gasteiger partial charge in [-0.1, -0.05) is 34.1 Å². The molecule has 1 heterocycles. The lowest BCUT2D eigenvalue weighted by Gasteiger charge is -2.26. The number of fused-ring (bicyclic) bond motifs is 1. The van der Waals surface area contributed by atoms with Gasteiger partial charge in [-0.3, -0.25) is 9.79 Å². The lowest BCUT2D eigenvalue weighted by Crippen LogP contribution is -2.37. The lowest BCUT2D eigenvalue weighted by atomic mass is 10.0. The van der Waals surface area contributed by atoms with E-state index in [0.717, 1.165) is 28.6 Å². The van der Waals surface area contributed by atoms with Gasteiger partial charge in [-0.15, -0.1) is 0 Å². The van der Waals surface area contributed by atoms with Gasteiger partial charge in [0, 0.05) is 35.1 Å². The Kier molecular flexibility index (Phi) is 6.70. The maximum absolute atomic E-state index is 12.0. The summed E-state index contributed by atoms with van der Waals surface area (Å²) in [4.78, 5) is 16.4. The van der Waals surface area contributed by atoms with Gasteiger partial charge in [0.2, 0.25) is 0 Å². The molecule has 27 heavy (non-hydrogen) atoms. The Bertz CT molecular complexity index is 808. The van der Waals surface area contributed by atoms with Crippen molar-refractivity contribution in [1.29, 1.82) is 0 Å². The van der Waals surface area contributed by atoms with Gasteiger partial charge in [0.05, 0.1) is 12.6 Å². The molecule has 142 valence electrons. The number of nitrogens with two attached hydrogens (primary N) is 1. The van der Waals surface area contributed by atoms with Crippen LogP contribution in [0.5, 0.6) is 5.75 Å². The molecule has 7 heteroatoms. The number of nitrogens with zero attached hydrogens (tertiary/aromatic N) is 1. The van der Waals surface area contributed by atoms with Crippen molar-refractivity contribution in [3.63, 3.8) is 0 Å². The SMILES string of the molecule is NC(=NCCCNC(=O)c1ccc(Br)cc1)NC1CCOc2ccccc21. The summed E-state index contributed by atoms with van der Waals surface area (Å²) in [6, 6.07) is 15.3. The summed E-state index contributed by atoms with van der Waals surface area (Å²) in [6.45, 7) is 1.75. The molecule has 0 aromatic heterocycles. The molecule has 0 fully saturated rings. The number of benzene rings is 2. The Morgan fingerprint density at radius 1 is 1.22 bits per heavy atom. The number of halogens is 1. The zero-order valence-electron chi connectivity index (χ0n) is 15.0. The number of amides is 1. The van der Waals surface area contributed by atoms with Crippen molar-refractivity contribution in [2.45, 2.75) is 18.9 Å². The van der Waals surface area contributed by atoms with Crippen molar-refractivity contribution in [2.75, 3.05) is 19.7 Å². The third-order valence-corrected chi connectivity index (χ3v) is 4.82. The largest absolute Gasteiger partial charge is 0.493 e. The summed E-state index contributed by atoms with van der Waals surface area (Å²) < 4.78 is 6.60. The quantitative estimate of drug-likeness (QED) is 0.373. The first-order valence-corrected chi connectivity index (χ1v) is 9.75. The van der Waals surface area contributed by atoms with Gasteiger partial charge in [0.15, 0.2) is 5.96 Å². The molecule has 6 nitrogen and oxygen atoms in total. The summed E-state index contributed by atoms with van der Waals surface area (Å²) in [5.41, 5.74) is 7.76. The minimum atomic E-state index is -0.0867. The van der Waals surface area contributed by atoms with Crippen molar-refractivity contribution in [2.24, 2.45) is 10.7 Å². The number of aliphatic imine (C=N–C) groups is 1. The van der Waals surface area contributed by atoms with Crippen LogP contribution in [0.15, 0.2) is 58.0 Å². The highest BCUT2D eigenvalue weighted by atomic mass is 79.9. The van der Waals surface area contributed by atoms with Crippen LogP contribution in [0.1, 0.15) is 34.8 Å². The summed E-state index contributed by atoms with van der Waals surface area (Å²) in [5, 5.41) is 6.15. The second-order valence-electron chi connectivity index (χ2n) is 6.26. The van der Waals surface area contributed by atoms with Crippen molar-refractivity contribution < 1.29 is 9.53 Å². The number of ether oxygens (including phenoxy) is 1. The first kappa shape index (κ1) is 19.2. The van der Waals surface area contributed by atoms with Crippen LogP contribution in [-0.4, -0.2) is 31.6 Å². The van der Waals surface area contributed by atoms with Crippen molar-refractivity contribution in [3.05, 3.63) is 64.1 Å². The molecule has 0 spiro atoms. The average Bonchev–Trinajstić information content (AvgIpc) is 2.68. The van der Waals surface area contributed by atoms with E-state index < -0.39 is 0 Å². The smallest absolute Gasteiger partial charge is 0.251 e. The maximum atomic E-state index is 12.0. The fourth-order valence-electron chi connectivity index (χ4n) is 2.90. The number of guanidine groups is 1. The number of hydrogen-bond acceptors (Lipinski definition) is 3. The molecule has 0 aliphatic carbocycles. The second-order valence-corrected chi connectivity index (χ2v) is 7.17. The van der Waals surface area contributed by atoms with Crippen molar-refractivity contribution in [1.82, 2.24) is 10.6 Å². The van der Waals surface area contributed by atoms with E-state index >= 15 is 0 Å². The molecule has 3 rings (SSSR count). The minimum Gasteiger partial charge on any atom is -0.493 e. The van der Waals surface area contributed by atoms with Crippen LogP contribution in [-0.2, 0) is 0 Å². The molecule has 1 aliphatic rings. The predicted molar refractivity (Wildman–Crippen MR) is 110 cm³/mol. The standard InChI is InChI=1S/C20H23BrN4O2/c21-15-8-6-14(7-9-15)19(26)23-11-3-12-24-20(22)25-17-10-13-27-18-5-2-1-4-16(17)18/h1-2,4-9,17H,3,10-13H2,(H,23,26)(H3,22,24,25). The van der Waals surface area contributed by atoms with Gasteiger partial charge in [-0.2, -0.15) is 0 Å². The molecule has 0 saturated heterocycles. The Labute approximate surface area is 167 Å². The van der Waals surface area contributed by atoms with E-state index in [2.05, 4.69) is 31.6 Å². The Balaban J connectivity index is 1.41. The van der Waals surface area contributed by atoms with E-state index in [4.69, 9.17) is 10.5 Å². The van der Waals surface area contributed by atoms with Gasteiger partial charge in [0.1, 0.15) is 5.75 Å². The molecule has 1 atom stereocenters. The molecule has 0 bridgehead atoms. The Morgan fingerprint density at radius 2 is 2.00 bits per heavy atom. The minimum absolute atomic E-state index is 0.0867. The molecule has 1 aliphatic heterocycles. The number of hydrogen-bond donors (Lipinski definition) is 3. The third-order valence-electron chi connectivity index (χ3n) is 4.29. The van der Waals surface area contributed by atoms with E-state index in [1.165, 1.54) is 0 Å². The molecule has 0 radical (unpaired) electrons. The topological polar surface area (TPSA) is 88.7 Å². The number of rotatable bonds is 6. The van der Waals surface area contributed by atoms with Crippen LogP contribution in [0.2, 0.25) is 0 Å². The molecule has 1 amide bonds. The molecule has 1 unspecified atom stereocenters. The Morgan fingerprint density at radius 3 is 2.81 bits per heavy atom. The van der Waals surface area contributed by atoms with Gasteiger partial charge in [0.25, 0.3) is 5.91 Å². The summed E-state index contributed by atoms with van der Waals surface area (Å²) in [5.74, 6) is 1.22. The van der Waals surface area contributed by atoms with E-state index in [0.29, 0.717) is 31.2 Å². The molecular formula is C20H23BrN4O2. The first-order chi connectivity index (χ1) is 13.1. The fraction of sp³-hybridized carbons (Fsp3) is 0.300. The molecule has 0 saturated carbocycles. The van der Waals surface area contributed by atoms with E-state index in [-0.39, 0.29) is 11.9 Å². The van der Waals surface area contributed by atoms with E-state index in [1.807, 2.05) is 36.4 Å². The zero-order chi connectivity index (χ0) is 19.1. The van der Waals surface area contributed by atoms with Crippen LogP contribution >= 0.6 is 15.9 Å².